The average Bonchev–Trinajstić information content (AvgIpc) is 3.25. The van der Waals surface area contributed by atoms with Crippen molar-refractivity contribution in [3.05, 3.63) is 77.4 Å². The lowest BCUT2D eigenvalue weighted by Crippen LogP contribution is -2.11. The van der Waals surface area contributed by atoms with Crippen LogP contribution >= 0.6 is 0 Å². The topological polar surface area (TPSA) is 99.8 Å². The third-order valence-electron chi connectivity index (χ3n) is 5.63. The summed E-state index contributed by atoms with van der Waals surface area (Å²) in [7, 11) is 0. The quantitative estimate of drug-likeness (QED) is 0.432. The fourth-order valence-electron chi connectivity index (χ4n) is 3.60. The monoisotopic (exact) mass is 420 g/mol. The third-order valence-corrected chi connectivity index (χ3v) is 5.63. The van der Waals surface area contributed by atoms with E-state index in [0.717, 1.165) is 39.1 Å². The van der Waals surface area contributed by atoms with Crippen LogP contribution in [0, 0.1) is 13.5 Å². The molecule has 0 amide bonds. The minimum absolute atomic E-state index is 0.505. The van der Waals surface area contributed by atoms with Crippen LogP contribution in [0.25, 0.3) is 43.9 Å². The Labute approximate surface area is 184 Å². The Morgan fingerprint density at radius 2 is 1.78 bits per heavy atom. The Morgan fingerprint density at radius 3 is 2.50 bits per heavy atom. The molecule has 32 heavy (non-hydrogen) atoms. The Kier molecular flexibility index (Phi) is 4.34. The van der Waals surface area contributed by atoms with E-state index in [9.17, 15) is 0 Å². The summed E-state index contributed by atoms with van der Waals surface area (Å²) < 4.78 is 1.76. The van der Waals surface area contributed by atoms with Gasteiger partial charge in [0.25, 0.3) is 5.54 Å². The number of rotatable bonds is 3. The first kappa shape index (κ1) is 19.6. The van der Waals surface area contributed by atoms with Crippen molar-refractivity contribution in [1.82, 2.24) is 29.9 Å². The summed E-state index contributed by atoms with van der Waals surface area (Å²) in [6, 6.07) is 13.6. The highest BCUT2D eigenvalue weighted by atomic mass is 15.4. The van der Waals surface area contributed by atoms with E-state index >= 15 is 0 Å². The van der Waals surface area contributed by atoms with Crippen LogP contribution in [0.1, 0.15) is 25.0 Å². The van der Waals surface area contributed by atoms with Gasteiger partial charge in [0.05, 0.1) is 23.1 Å². The minimum atomic E-state index is -0.582. The molecule has 4 aromatic heterocycles. The largest absolute Gasteiger partial charge is 0.383 e. The molecule has 2 N–H and O–H groups in total. The van der Waals surface area contributed by atoms with Crippen LogP contribution in [0.15, 0.2) is 54.9 Å². The van der Waals surface area contributed by atoms with Crippen molar-refractivity contribution >= 4 is 27.9 Å². The van der Waals surface area contributed by atoms with Gasteiger partial charge >= 0.3 is 0 Å². The highest BCUT2D eigenvalue weighted by molar-refractivity contribution is 6.00. The average molecular weight is 420 g/mol. The molecule has 0 aliphatic carbocycles. The van der Waals surface area contributed by atoms with Crippen LogP contribution in [0.3, 0.4) is 0 Å². The molecule has 0 spiro atoms. The number of benzene rings is 1. The molecule has 0 unspecified atom stereocenters. The van der Waals surface area contributed by atoms with E-state index in [4.69, 9.17) is 17.3 Å². The molecule has 0 aliphatic rings. The number of aromatic nitrogens is 6. The van der Waals surface area contributed by atoms with Crippen molar-refractivity contribution in [2.24, 2.45) is 0 Å². The second-order valence-electron chi connectivity index (χ2n) is 8.20. The standard InChI is InChI=1S/C24H20N8/c1-14-11-15(12-28-23(14)25)18-9-10-19-21(29-18)22-20(13-27-19)30-31-32(22)17-7-5-16(6-8-17)24(2,3)26-4/h5-13H,1-3H3,(H2,25,28). The summed E-state index contributed by atoms with van der Waals surface area (Å²) in [4.78, 5) is 17.3. The van der Waals surface area contributed by atoms with Crippen molar-refractivity contribution in [3.63, 3.8) is 0 Å². The van der Waals surface area contributed by atoms with Crippen LogP contribution in [0.5, 0.6) is 0 Å². The van der Waals surface area contributed by atoms with Crippen LogP contribution in [-0.2, 0) is 5.54 Å². The van der Waals surface area contributed by atoms with Gasteiger partial charge in [0, 0.05) is 31.2 Å². The molecular weight excluding hydrogens is 400 g/mol. The van der Waals surface area contributed by atoms with Crippen molar-refractivity contribution in [3.8, 4) is 16.9 Å². The number of nitrogens with two attached hydrogens (primary N) is 1. The maximum Gasteiger partial charge on any atom is 0.252 e. The molecule has 1 aromatic carbocycles. The first-order valence-electron chi connectivity index (χ1n) is 10.1. The molecular formula is C24H20N8. The zero-order valence-electron chi connectivity index (χ0n) is 17.9. The summed E-state index contributed by atoms with van der Waals surface area (Å²) in [5, 5.41) is 8.65. The molecule has 8 nitrogen and oxygen atoms in total. The fourth-order valence-corrected chi connectivity index (χ4v) is 3.60. The van der Waals surface area contributed by atoms with Crippen LogP contribution in [-0.4, -0.2) is 29.9 Å². The van der Waals surface area contributed by atoms with Gasteiger partial charge in [-0.2, -0.15) is 0 Å². The lowest BCUT2D eigenvalue weighted by atomic mass is 9.95. The van der Waals surface area contributed by atoms with Gasteiger partial charge in [-0.1, -0.05) is 5.21 Å². The summed E-state index contributed by atoms with van der Waals surface area (Å²) in [6.07, 6.45) is 3.42. The number of nitrogen functional groups attached to an aromatic ring is 1. The number of anilines is 1. The van der Waals surface area contributed by atoms with Gasteiger partial charge in [-0.3, -0.25) is 4.98 Å². The maximum atomic E-state index is 7.42. The second-order valence-corrected chi connectivity index (χ2v) is 8.20. The second kappa shape index (κ2) is 7.10. The molecule has 8 heteroatoms. The van der Waals surface area contributed by atoms with Gasteiger partial charge in [-0.25, -0.2) is 21.2 Å². The molecule has 4 heterocycles. The van der Waals surface area contributed by atoms with Crippen LogP contribution in [0.4, 0.5) is 5.82 Å². The summed E-state index contributed by atoms with van der Waals surface area (Å²) in [6.45, 7) is 13.1. The van der Waals surface area contributed by atoms with Crippen molar-refractivity contribution in [2.75, 3.05) is 5.73 Å². The molecule has 156 valence electrons. The third kappa shape index (κ3) is 3.11. The predicted molar refractivity (Wildman–Crippen MR) is 124 cm³/mol. The molecule has 0 saturated carbocycles. The Balaban J connectivity index is 1.69. The SMILES string of the molecule is [C-]#[N+]C(C)(C)c1ccc(-n2nnc3cnc4ccc(-c5cnc(N)c(C)c5)nc4c32)cc1. The normalized spacial score (nSPS) is 11.7. The van der Waals surface area contributed by atoms with E-state index in [1.165, 1.54) is 0 Å². The summed E-state index contributed by atoms with van der Waals surface area (Å²) >= 11 is 0. The van der Waals surface area contributed by atoms with E-state index in [1.54, 1.807) is 17.1 Å². The van der Waals surface area contributed by atoms with Gasteiger partial charge in [0.1, 0.15) is 22.4 Å². The number of hydrogen-bond acceptors (Lipinski definition) is 6. The van der Waals surface area contributed by atoms with Crippen LogP contribution < -0.4 is 5.73 Å². The van der Waals surface area contributed by atoms with E-state index in [-0.39, 0.29) is 0 Å². The number of aryl methyl sites for hydroxylation is 1. The van der Waals surface area contributed by atoms with Gasteiger partial charge in [-0.15, -0.1) is 5.10 Å². The molecule has 0 radical (unpaired) electrons. The smallest absolute Gasteiger partial charge is 0.252 e. The first-order chi connectivity index (χ1) is 15.4. The fraction of sp³-hybridized carbons (Fsp3) is 0.167. The Bertz CT molecular complexity index is 1520. The summed E-state index contributed by atoms with van der Waals surface area (Å²) in [5.41, 5.74) is 12.5. The molecule has 0 aliphatic heterocycles. The van der Waals surface area contributed by atoms with E-state index in [1.807, 2.05) is 63.2 Å². The predicted octanol–water partition coefficient (Wildman–Crippen LogP) is 4.47. The zero-order valence-corrected chi connectivity index (χ0v) is 17.9. The lowest BCUT2D eigenvalue weighted by Gasteiger charge is -2.12. The molecule has 0 bridgehead atoms. The van der Waals surface area contributed by atoms with Crippen molar-refractivity contribution in [1.29, 1.82) is 0 Å². The van der Waals surface area contributed by atoms with E-state index < -0.39 is 5.54 Å². The van der Waals surface area contributed by atoms with Gasteiger partial charge in [0.2, 0.25) is 0 Å². The molecule has 0 atom stereocenters. The Morgan fingerprint density at radius 1 is 1.00 bits per heavy atom. The van der Waals surface area contributed by atoms with Crippen molar-refractivity contribution < 1.29 is 0 Å². The first-order valence-corrected chi connectivity index (χ1v) is 10.1. The van der Waals surface area contributed by atoms with E-state index in [2.05, 4.69) is 25.1 Å². The lowest BCUT2D eigenvalue weighted by molar-refractivity contribution is 0.663. The van der Waals surface area contributed by atoms with E-state index in [0.29, 0.717) is 16.9 Å². The number of pyridine rings is 3. The minimum Gasteiger partial charge on any atom is -0.383 e. The van der Waals surface area contributed by atoms with Gasteiger partial charge in [-0.05, 0) is 55.0 Å². The molecule has 5 aromatic rings. The van der Waals surface area contributed by atoms with Gasteiger partial charge in [0.15, 0.2) is 0 Å². The number of nitrogens with zero attached hydrogens (tertiary/aromatic N) is 7. The van der Waals surface area contributed by atoms with Gasteiger partial charge < -0.3 is 10.6 Å². The molecule has 0 fully saturated rings. The zero-order chi connectivity index (χ0) is 22.5. The number of fused-ring (bicyclic) bond motifs is 3. The maximum absolute atomic E-state index is 7.42. The highest BCUT2D eigenvalue weighted by Gasteiger charge is 2.25. The number of hydrogen-bond donors (Lipinski definition) is 1. The summed E-state index contributed by atoms with van der Waals surface area (Å²) in [5.74, 6) is 0.505. The Hall–Kier alpha value is -4.38. The molecule has 5 rings (SSSR count). The van der Waals surface area contributed by atoms with Crippen LogP contribution in [0.2, 0.25) is 0 Å². The highest BCUT2D eigenvalue weighted by Crippen LogP contribution is 2.29. The van der Waals surface area contributed by atoms with Crippen molar-refractivity contribution in [2.45, 2.75) is 26.3 Å². The molecule has 0 saturated heterocycles.